The Morgan fingerprint density at radius 1 is 1.33 bits per heavy atom. The zero-order chi connectivity index (χ0) is 16.0. The van der Waals surface area contributed by atoms with Gasteiger partial charge >= 0.3 is 0 Å². The van der Waals surface area contributed by atoms with Gasteiger partial charge in [0.05, 0.1) is 6.61 Å². The van der Waals surface area contributed by atoms with E-state index < -0.39 is 5.60 Å². The Kier molecular flexibility index (Phi) is 6.16. The monoisotopic (exact) mass is 290 g/mol. The third kappa shape index (κ3) is 4.43. The van der Waals surface area contributed by atoms with Gasteiger partial charge in [0.2, 0.25) is 0 Å². The number of aliphatic hydroxyl groups is 1. The summed E-state index contributed by atoms with van der Waals surface area (Å²) in [5, 5.41) is 9.90. The van der Waals surface area contributed by atoms with Gasteiger partial charge in [-0.1, -0.05) is 19.9 Å². The van der Waals surface area contributed by atoms with Crippen LogP contribution in [0, 0.1) is 0 Å². The minimum absolute atomic E-state index is 0.280. The van der Waals surface area contributed by atoms with Crippen LogP contribution in [0.15, 0.2) is 24.3 Å². The topological polar surface area (TPSA) is 46.5 Å². The maximum Gasteiger partial charge on any atom is 0.193 e. The quantitative estimate of drug-likeness (QED) is 0.764. The first-order valence-corrected chi connectivity index (χ1v) is 7.54. The molecule has 0 fully saturated rings. The molecule has 0 aliphatic heterocycles. The first-order chi connectivity index (χ1) is 9.85. The van der Waals surface area contributed by atoms with Gasteiger partial charge in [-0.15, -0.1) is 0 Å². The summed E-state index contributed by atoms with van der Waals surface area (Å²) in [5.74, 6) is 0.511. The summed E-state index contributed by atoms with van der Waals surface area (Å²) in [4.78, 5) is 12.2. The highest BCUT2D eigenvalue weighted by Crippen LogP contribution is 2.30. The Labute approximate surface area is 127 Å². The van der Waals surface area contributed by atoms with E-state index in [1.165, 1.54) is 13.8 Å². The van der Waals surface area contributed by atoms with Gasteiger partial charge < -0.3 is 9.84 Å². The average Bonchev–Trinajstić information content (AvgIpc) is 2.45. The van der Waals surface area contributed by atoms with Crippen LogP contribution < -0.4 is 4.74 Å². The van der Waals surface area contributed by atoms with Crippen molar-refractivity contribution in [3.63, 3.8) is 0 Å². The zero-order valence-electron chi connectivity index (χ0n) is 13.7. The van der Waals surface area contributed by atoms with Gasteiger partial charge in [0.15, 0.2) is 5.78 Å². The minimum Gasteiger partial charge on any atom is -0.493 e. The van der Waals surface area contributed by atoms with Gasteiger partial charge in [-0.25, -0.2) is 0 Å². The molecule has 0 aliphatic rings. The molecule has 0 heterocycles. The Hall–Kier alpha value is -1.61. The summed E-state index contributed by atoms with van der Waals surface area (Å²) in [5.41, 5.74) is 1.20. The first-order valence-electron chi connectivity index (χ1n) is 7.54. The van der Waals surface area contributed by atoms with Crippen LogP contribution in [-0.2, 0) is 0 Å². The fourth-order valence-electron chi connectivity index (χ4n) is 2.16. The lowest BCUT2D eigenvalue weighted by atomic mass is 9.93. The molecular formula is C18H26O3. The lowest BCUT2D eigenvalue weighted by Crippen LogP contribution is -2.31. The number of allylic oxidation sites excluding steroid dienone is 2. The Balaban J connectivity index is 3.29. The van der Waals surface area contributed by atoms with Gasteiger partial charge in [-0.3, -0.25) is 4.79 Å². The molecule has 116 valence electrons. The smallest absolute Gasteiger partial charge is 0.193 e. The minimum atomic E-state index is -1.37. The number of hydrogen-bond donors (Lipinski definition) is 1. The van der Waals surface area contributed by atoms with E-state index >= 15 is 0 Å². The van der Waals surface area contributed by atoms with E-state index in [4.69, 9.17) is 4.74 Å². The molecule has 3 nitrogen and oxygen atoms in total. The van der Waals surface area contributed by atoms with Crippen LogP contribution in [0.2, 0.25) is 0 Å². The Morgan fingerprint density at radius 2 is 2.00 bits per heavy atom. The maximum absolute atomic E-state index is 12.2. The van der Waals surface area contributed by atoms with Crippen LogP contribution in [-0.4, -0.2) is 23.1 Å². The number of carbonyl (C=O) groups is 1. The molecule has 21 heavy (non-hydrogen) atoms. The zero-order valence-corrected chi connectivity index (χ0v) is 13.7. The standard InChI is InChI=1S/C18H26O3/c1-6-11-21-16-10-9-14(17(19)18(4,5)20)12-15(16)13(7-2)8-3/h7,9-10,12,20H,6,8,11H2,1-5H3. The summed E-state index contributed by atoms with van der Waals surface area (Å²) in [6, 6.07) is 5.37. The second-order valence-corrected chi connectivity index (χ2v) is 5.62. The van der Waals surface area contributed by atoms with E-state index in [0.717, 1.165) is 29.7 Å². The highest BCUT2D eigenvalue weighted by molar-refractivity contribution is 6.02. The predicted molar refractivity (Wildman–Crippen MR) is 86.8 cm³/mol. The van der Waals surface area contributed by atoms with E-state index in [0.29, 0.717) is 12.2 Å². The number of carbonyl (C=O) groups excluding carboxylic acids is 1. The van der Waals surface area contributed by atoms with Crippen molar-refractivity contribution in [3.8, 4) is 5.75 Å². The van der Waals surface area contributed by atoms with Crippen LogP contribution in [0.25, 0.3) is 5.57 Å². The fraction of sp³-hybridized carbons (Fsp3) is 0.500. The van der Waals surface area contributed by atoms with Crippen molar-refractivity contribution in [3.05, 3.63) is 35.4 Å². The fourth-order valence-corrected chi connectivity index (χ4v) is 2.16. The molecule has 0 aromatic heterocycles. The number of ether oxygens (including phenoxy) is 1. The Bertz CT molecular complexity index is 522. The molecule has 1 aromatic rings. The van der Waals surface area contributed by atoms with Gasteiger partial charge in [0.1, 0.15) is 11.4 Å². The van der Waals surface area contributed by atoms with Crippen molar-refractivity contribution in [1.29, 1.82) is 0 Å². The number of rotatable bonds is 7. The molecule has 1 rings (SSSR count). The molecule has 0 bridgehead atoms. The van der Waals surface area contributed by atoms with Crippen LogP contribution in [0.5, 0.6) is 5.75 Å². The van der Waals surface area contributed by atoms with Crippen LogP contribution >= 0.6 is 0 Å². The highest BCUT2D eigenvalue weighted by atomic mass is 16.5. The Morgan fingerprint density at radius 3 is 2.48 bits per heavy atom. The van der Waals surface area contributed by atoms with Crippen LogP contribution in [0.3, 0.4) is 0 Å². The van der Waals surface area contributed by atoms with Gasteiger partial charge in [0, 0.05) is 11.1 Å². The molecule has 1 aromatic carbocycles. The molecule has 0 aliphatic carbocycles. The summed E-state index contributed by atoms with van der Waals surface area (Å²) in [6.45, 7) is 9.77. The summed E-state index contributed by atoms with van der Waals surface area (Å²) in [7, 11) is 0. The number of hydrogen-bond acceptors (Lipinski definition) is 3. The van der Waals surface area contributed by atoms with Crippen molar-refractivity contribution in [2.24, 2.45) is 0 Å². The molecule has 0 amide bonds. The van der Waals surface area contributed by atoms with Crippen molar-refractivity contribution in [1.82, 2.24) is 0 Å². The lowest BCUT2D eigenvalue weighted by Gasteiger charge is -2.18. The number of benzene rings is 1. The largest absolute Gasteiger partial charge is 0.493 e. The lowest BCUT2D eigenvalue weighted by molar-refractivity contribution is 0.0488. The van der Waals surface area contributed by atoms with Crippen LogP contribution in [0.1, 0.15) is 63.4 Å². The number of Topliss-reactive ketones (excluding diaryl/α,β-unsaturated/α-hetero) is 1. The molecule has 0 saturated heterocycles. The third-order valence-electron chi connectivity index (χ3n) is 3.33. The van der Waals surface area contributed by atoms with Crippen LogP contribution in [0.4, 0.5) is 0 Å². The van der Waals surface area contributed by atoms with E-state index in [1.807, 2.05) is 25.1 Å². The average molecular weight is 290 g/mol. The molecule has 0 spiro atoms. The SMILES string of the molecule is CC=C(CC)c1cc(C(=O)C(C)(C)O)ccc1OCCC. The first kappa shape index (κ1) is 17.4. The second kappa shape index (κ2) is 7.41. The second-order valence-electron chi connectivity index (χ2n) is 5.62. The predicted octanol–water partition coefficient (Wildman–Crippen LogP) is 4.24. The van der Waals surface area contributed by atoms with Gasteiger partial charge in [0.25, 0.3) is 0 Å². The normalized spacial score (nSPS) is 12.4. The molecule has 0 radical (unpaired) electrons. The van der Waals surface area contributed by atoms with E-state index in [2.05, 4.69) is 13.8 Å². The maximum atomic E-state index is 12.2. The number of ketones is 1. The molecule has 0 unspecified atom stereocenters. The van der Waals surface area contributed by atoms with Gasteiger partial charge in [-0.2, -0.15) is 0 Å². The summed E-state index contributed by atoms with van der Waals surface area (Å²) < 4.78 is 5.78. The van der Waals surface area contributed by atoms with Crippen molar-refractivity contribution in [2.45, 2.75) is 53.1 Å². The van der Waals surface area contributed by atoms with E-state index in [-0.39, 0.29) is 5.78 Å². The van der Waals surface area contributed by atoms with Gasteiger partial charge in [-0.05, 0) is 57.4 Å². The molecular weight excluding hydrogens is 264 g/mol. The van der Waals surface area contributed by atoms with E-state index in [1.54, 1.807) is 6.07 Å². The summed E-state index contributed by atoms with van der Waals surface area (Å²) >= 11 is 0. The molecule has 1 N–H and O–H groups in total. The summed E-state index contributed by atoms with van der Waals surface area (Å²) in [6.07, 6.45) is 3.83. The van der Waals surface area contributed by atoms with Crippen molar-refractivity contribution in [2.75, 3.05) is 6.61 Å². The van der Waals surface area contributed by atoms with Crippen molar-refractivity contribution < 1.29 is 14.6 Å². The molecule has 3 heteroatoms. The highest BCUT2D eigenvalue weighted by Gasteiger charge is 2.26. The van der Waals surface area contributed by atoms with Crippen molar-refractivity contribution >= 4 is 11.4 Å². The molecule has 0 saturated carbocycles. The van der Waals surface area contributed by atoms with E-state index in [9.17, 15) is 9.90 Å². The molecule has 0 atom stereocenters. The third-order valence-corrected chi connectivity index (χ3v) is 3.33.